The second kappa shape index (κ2) is 22.0. The normalized spacial score (nSPS) is 9.94. The number of alkyl halides is 1. The molecule has 0 saturated heterocycles. The van der Waals surface area contributed by atoms with Gasteiger partial charge in [-0.2, -0.15) is 0 Å². The first kappa shape index (κ1) is 32.5. The smallest absolute Gasteiger partial charge is 0.269 e. The third-order valence-electron chi connectivity index (χ3n) is 3.80. The summed E-state index contributed by atoms with van der Waals surface area (Å²) >= 11 is 3.25. The predicted octanol–water partition coefficient (Wildman–Crippen LogP) is 2.60. The van der Waals surface area contributed by atoms with Crippen molar-refractivity contribution in [1.29, 1.82) is 0 Å². The Morgan fingerprint density at radius 2 is 1.00 bits per heavy atom. The molecule has 12 nitrogen and oxygen atoms in total. The SMILES string of the molecule is O=[N+]([O-])c1ccc(CBr)cc1.O=[N+]([O-])c1ccc(COCCOCCO)cc1.OCCOCCO. The number of ether oxygens (including phenoxy) is 3. The Hall–Kier alpha value is -2.52. The van der Waals surface area contributed by atoms with E-state index < -0.39 is 9.85 Å². The molecule has 196 valence electrons. The lowest BCUT2D eigenvalue weighted by Crippen LogP contribution is -2.07. The summed E-state index contributed by atoms with van der Waals surface area (Å²) in [6.45, 7) is 2.25. The van der Waals surface area contributed by atoms with Crippen molar-refractivity contribution in [3.8, 4) is 0 Å². The minimum atomic E-state index is -0.437. The quantitative estimate of drug-likeness (QED) is 0.134. The van der Waals surface area contributed by atoms with Crippen LogP contribution in [0.2, 0.25) is 0 Å². The molecule has 0 radical (unpaired) electrons. The van der Waals surface area contributed by atoms with E-state index in [1.165, 1.54) is 24.3 Å². The molecule has 0 aliphatic carbocycles. The first-order chi connectivity index (χ1) is 16.9. The maximum atomic E-state index is 10.4. The van der Waals surface area contributed by atoms with Crippen molar-refractivity contribution in [1.82, 2.24) is 0 Å². The number of non-ortho nitro benzene ring substituents is 2. The second-order valence-corrected chi connectivity index (χ2v) is 6.99. The minimum absolute atomic E-state index is 0.00233. The average Bonchev–Trinajstić information content (AvgIpc) is 2.87. The third kappa shape index (κ3) is 17.6. The number of hydrogen-bond acceptors (Lipinski definition) is 10. The van der Waals surface area contributed by atoms with Crippen LogP contribution in [0.4, 0.5) is 11.4 Å². The van der Waals surface area contributed by atoms with Crippen molar-refractivity contribution in [2.45, 2.75) is 11.9 Å². The number of nitro groups is 2. The molecule has 0 aliphatic heterocycles. The lowest BCUT2D eigenvalue weighted by atomic mass is 10.2. The van der Waals surface area contributed by atoms with Gasteiger partial charge in [-0.15, -0.1) is 0 Å². The summed E-state index contributed by atoms with van der Waals surface area (Å²) in [5, 5.41) is 46.0. The molecule has 0 fully saturated rings. The maximum Gasteiger partial charge on any atom is 0.269 e. The summed E-state index contributed by atoms with van der Waals surface area (Å²) in [5.74, 6) is 0. The van der Waals surface area contributed by atoms with Gasteiger partial charge in [0.05, 0.1) is 69.3 Å². The van der Waals surface area contributed by atoms with Crippen LogP contribution in [0, 0.1) is 20.2 Å². The largest absolute Gasteiger partial charge is 0.394 e. The lowest BCUT2D eigenvalue weighted by molar-refractivity contribution is -0.385. The highest BCUT2D eigenvalue weighted by Crippen LogP contribution is 2.13. The van der Waals surface area contributed by atoms with Gasteiger partial charge >= 0.3 is 0 Å². The summed E-state index contributed by atoms with van der Waals surface area (Å²) < 4.78 is 14.9. The van der Waals surface area contributed by atoms with Gasteiger partial charge in [-0.05, 0) is 23.3 Å². The van der Waals surface area contributed by atoms with Gasteiger partial charge in [-0.1, -0.05) is 28.1 Å². The Morgan fingerprint density at radius 3 is 1.37 bits per heavy atom. The van der Waals surface area contributed by atoms with Crippen LogP contribution in [-0.2, 0) is 26.1 Å². The van der Waals surface area contributed by atoms with E-state index in [-0.39, 0.29) is 31.2 Å². The van der Waals surface area contributed by atoms with Crippen LogP contribution in [0.1, 0.15) is 11.1 Å². The van der Waals surface area contributed by atoms with E-state index >= 15 is 0 Å². The molecule has 2 rings (SSSR count). The summed E-state index contributed by atoms with van der Waals surface area (Å²) in [5.41, 5.74) is 2.11. The summed E-state index contributed by atoms with van der Waals surface area (Å²) in [4.78, 5) is 19.8. The molecule has 2 aromatic rings. The Kier molecular flexibility index (Phi) is 20.4. The maximum absolute atomic E-state index is 10.4. The number of nitro benzene ring substituents is 2. The van der Waals surface area contributed by atoms with E-state index in [1.807, 2.05) is 0 Å². The standard InChI is InChI=1S/C11H15NO5.C7H6BrNO2.C4H10O3/c13-5-6-16-7-8-17-9-10-1-3-11(4-2-10)12(14)15;8-5-6-1-3-7(4-2-6)9(10)11;5-1-3-7-4-2-6/h1-4,13H,5-9H2;1-4H,5H2;5-6H,1-4H2. The molecule has 13 heteroatoms. The monoisotopic (exact) mass is 562 g/mol. The number of benzene rings is 2. The molecule has 3 N–H and O–H groups in total. The van der Waals surface area contributed by atoms with Crippen molar-refractivity contribution in [2.24, 2.45) is 0 Å². The van der Waals surface area contributed by atoms with Crippen molar-refractivity contribution >= 4 is 27.3 Å². The van der Waals surface area contributed by atoms with Crippen molar-refractivity contribution in [3.05, 3.63) is 79.9 Å². The zero-order chi connectivity index (χ0) is 26.3. The number of aliphatic hydroxyl groups excluding tert-OH is 3. The molecule has 0 aromatic heterocycles. The molecule has 0 aliphatic rings. The molecule has 0 saturated carbocycles. The number of hydrogen-bond donors (Lipinski definition) is 3. The van der Waals surface area contributed by atoms with Crippen LogP contribution in [0.15, 0.2) is 48.5 Å². The third-order valence-corrected chi connectivity index (χ3v) is 4.44. The summed E-state index contributed by atoms with van der Waals surface area (Å²) in [6, 6.07) is 12.7. The number of rotatable bonds is 14. The molecule has 2 aromatic carbocycles. The molecule has 0 atom stereocenters. The Morgan fingerprint density at radius 1 is 0.629 bits per heavy atom. The van der Waals surface area contributed by atoms with Crippen molar-refractivity contribution in [3.63, 3.8) is 0 Å². The molecule has 0 bridgehead atoms. The van der Waals surface area contributed by atoms with Crippen LogP contribution in [0.3, 0.4) is 0 Å². The van der Waals surface area contributed by atoms with E-state index in [9.17, 15) is 20.2 Å². The molecule has 0 amide bonds. The highest BCUT2D eigenvalue weighted by Gasteiger charge is 2.04. The zero-order valence-electron chi connectivity index (χ0n) is 19.2. The summed E-state index contributed by atoms with van der Waals surface area (Å²) in [7, 11) is 0. The van der Waals surface area contributed by atoms with Gasteiger partial charge in [0.15, 0.2) is 0 Å². The molecule has 0 spiro atoms. The number of aliphatic hydroxyl groups is 3. The van der Waals surface area contributed by atoms with E-state index in [1.54, 1.807) is 24.3 Å². The van der Waals surface area contributed by atoms with Crippen LogP contribution < -0.4 is 0 Å². The highest BCUT2D eigenvalue weighted by molar-refractivity contribution is 9.08. The van der Waals surface area contributed by atoms with Crippen molar-refractivity contribution < 1.29 is 39.4 Å². The van der Waals surface area contributed by atoms with Gasteiger partial charge in [0.2, 0.25) is 0 Å². The van der Waals surface area contributed by atoms with E-state index in [0.29, 0.717) is 39.6 Å². The Labute approximate surface area is 211 Å². The topological polar surface area (TPSA) is 175 Å². The predicted molar refractivity (Wildman–Crippen MR) is 131 cm³/mol. The first-order valence-corrected chi connectivity index (χ1v) is 11.6. The first-order valence-electron chi connectivity index (χ1n) is 10.5. The second-order valence-electron chi connectivity index (χ2n) is 6.43. The summed E-state index contributed by atoms with van der Waals surface area (Å²) in [6.07, 6.45) is 0. The van der Waals surface area contributed by atoms with E-state index in [4.69, 9.17) is 24.8 Å². The lowest BCUT2D eigenvalue weighted by Gasteiger charge is -2.04. The van der Waals surface area contributed by atoms with Crippen LogP contribution in [-0.4, -0.2) is 78.0 Å². The average molecular weight is 563 g/mol. The van der Waals surface area contributed by atoms with Gasteiger partial charge < -0.3 is 29.5 Å². The number of nitrogens with zero attached hydrogens (tertiary/aromatic N) is 2. The highest BCUT2D eigenvalue weighted by atomic mass is 79.9. The molecule has 0 heterocycles. The van der Waals surface area contributed by atoms with Gasteiger partial charge in [0.1, 0.15) is 0 Å². The van der Waals surface area contributed by atoms with Crippen LogP contribution in [0.25, 0.3) is 0 Å². The fourth-order valence-electron chi connectivity index (χ4n) is 2.13. The molecule has 35 heavy (non-hydrogen) atoms. The van der Waals surface area contributed by atoms with E-state index in [2.05, 4.69) is 20.7 Å². The van der Waals surface area contributed by atoms with Crippen LogP contribution in [0.5, 0.6) is 0 Å². The Bertz CT molecular complexity index is 803. The van der Waals surface area contributed by atoms with Gasteiger partial charge in [-0.3, -0.25) is 20.2 Å². The zero-order valence-corrected chi connectivity index (χ0v) is 20.7. The van der Waals surface area contributed by atoms with E-state index in [0.717, 1.165) is 16.5 Å². The van der Waals surface area contributed by atoms with Crippen LogP contribution >= 0.6 is 15.9 Å². The molecular weight excluding hydrogens is 532 g/mol. The molecular formula is C22H31BrN2O10. The van der Waals surface area contributed by atoms with Gasteiger partial charge in [0.25, 0.3) is 11.4 Å². The minimum Gasteiger partial charge on any atom is -0.394 e. The van der Waals surface area contributed by atoms with Crippen molar-refractivity contribution in [2.75, 3.05) is 52.9 Å². The number of halogens is 1. The van der Waals surface area contributed by atoms with Gasteiger partial charge in [0, 0.05) is 29.6 Å². The Balaban J connectivity index is 0.000000550. The fourth-order valence-corrected chi connectivity index (χ4v) is 2.50. The fraction of sp³-hybridized carbons (Fsp3) is 0.455. The van der Waals surface area contributed by atoms with Gasteiger partial charge in [-0.25, -0.2) is 0 Å². The molecule has 0 unspecified atom stereocenters.